The molecule has 0 spiro atoms. The van der Waals surface area contributed by atoms with Gasteiger partial charge in [-0.1, -0.05) is 54.6 Å². The minimum Gasteiger partial charge on any atom is -0.489 e. The fraction of sp³-hybridized carbons (Fsp3) is 0.0909. The van der Waals surface area contributed by atoms with Gasteiger partial charge in [-0.3, -0.25) is 9.71 Å². The lowest BCUT2D eigenvalue weighted by atomic mass is 10.1. The number of aromatic nitrogens is 2. The molecule has 146 valence electrons. The summed E-state index contributed by atoms with van der Waals surface area (Å²) in [6, 6.07) is 21.8. The summed E-state index contributed by atoms with van der Waals surface area (Å²) in [6.07, 6.45) is 4.06. The van der Waals surface area contributed by atoms with Crippen LogP contribution in [0.25, 0.3) is 22.0 Å². The summed E-state index contributed by atoms with van der Waals surface area (Å²) in [5, 5.41) is 2.31. The molecular formula is C22H19N3O3S. The molecule has 0 atom stereocenters. The fourth-order valence-corrected chi connectivity index (χ4v) is 3.48. The summed E-state index contributed by atoms with van der Waals surface area (Å²) >= 11 is 0. The van der Waals surface area contributed by atoms with Gasteiger partial charge in [0.15, 0.2) is 5.82 Å². The number of rotatable bonds is 6. The van der Waals surface area contributed by atoms with Gasteiger partial charge in [-0.05, 0) is 28.5 Å². The molecule has 29 heavy (non-hydrogen) atoms. The maximum absolute atomic E-state index is 11.5. The van der Waals surface area contributed by atoms with E-state index in [1.54, 1.807) is 0 Å². The molecule has 3 aromatic carbocycles. The average molecular weight is 405 g/mol. The summed E-state index contributed by atoms with van der Waals surface area (Å²) < 4.78 is 31.4. The largest absolute Gasteiger partial charge is 0.489 e. The summed E-state index contributed by atoms with van der Waals surface area (Å²) in [5.74, 6) is 1.01. The molecule has 0 bridgehead atoms. The molecule has 1 N–H and O–H groups in total. The van der Waals surface area contributed by atoms with Crippen molar-refractivity contribution in [1.29, 1.82) is 0 Å². The molecule has 6 nitrogen and oxygen atoms in total. The lowest BCUT2D eigenvalue weighted by molar-refractivity contribution is 0.306. The Labute approximate surface area is 169 Å². The van der Waals surface area contributed by atoms with Crippen molar-refractivity contribution in [2.75, 3.05) is 11.0 Å². The van der Waals surface area contributed by atoms with Crippen molar-refractivity contribution in [3.63, 3.8) is 0 Å². The Morgan fingerprint density at radius 3 is 2.38 bits per heavy atom. The van der Waals surface area contributed by atoms with Crippen LogP contribution in [0.4, 0.5) is 5.82 Å². The summed E-state index contributed by atoms with van der Waals surface area (Å²) in [6.45, 7) is 0.424. The first-order valence-electron chi connectivity index (χ1n) is 8.98. The SMILES string of the molecule is CS(=O)(=O)Nc1nccnc1-c1ccc(COc2ccc3ccccc3c2)cc1. The number of benzene rings is 3. The molecule has 4 rings (SSSR count). The van der Waals surface area contributed by atoms with Crippen molar-refractivity contribution in [2.45, 2.75) is 6.61 Å². The Bertz CT molecular complexity index is 1260. The third kappa shape index (κ3) is 4.70. The second-order valence-corrected chi connectivity index (χ2v) is 8.37. The normalized spacial score (nSPS) is 11.3. The fourth-order valence-electron chi connectivity index (χ4n) is 2.98. The van der Waals surface area contributed by atoms with Gasteiger partial charge in [0, 0.05) is 18.0 Å². The van der Waals surface area contributed by atoms with Gasteiger partial charge < -0.3 is 4.74 Å². The van der Waals surface area contributed by atoms with Crippen LogP contribution in [0.1, 0.15) is 5.56 Å². The van der Waals surface area contributed by atoms with Crippen molar-refractivity contribution in [2.24, 2.45) is 0 Å². The number of anilines is 1. The highest BCUT2D eigenvalue weighted by molar-refractivity contribution is 7.92. The Morgan fingerprint density at radius 2 is 1.62 bits per heavy atom. The van der Waals surface area contributed by atoms with Crippen LogP contribution < -0.4 is 9.46 Å². The number of sulfonamides is 1. The molecule has 0 aliphatic rings. The van der Waals surface area contributed by atoms with Gasteiger partial charge in [0.25, 0.3) is 0 Å². The predicted molar refractivity (Wildman–Crippen MR) is 114 cm³/mol. The first-order chi connectivity index (χ1) is 14.0. The average Bonchev–Trinajstić information content (AvgIpc) is 2.72. The van der Waals surface area contributed by atoms with Crippen LogP contribution in [0, 0.1) is 0 Å². The minimum atomic E-state index is -3.44. The molecule has 1 aromatic heterocycles. The highest BCUT2D eigenvalue weighted by atomic mass is 32.2. The highest BCUT2D eigenvalue weighted by Gasteiger charge is 2.12. The van der Waals surface area contributed by atoms with E-state index in [0.29, 0.717) is 12.3 Å². The molecule has 7 heteroatoms. The zero-order valence-corrected chi connectivity index (χ0v) is 16.6. The van der Waals surface area contributed by atoms with E-state index < -0.39 is 10.0 Å². The van der Waals surface area contributed by atoms with Crippen LogP contribution >= 0.6 is 0 Å². The standard InChI is InChI=1S/C22H19N3O3S/c1-29(26,27)25-22-21(23-12-13-24-22)18-8-6-16(7-9-18)15-28-20-11-10-17-4-2-3-5-19(17)14-20/h2-14H,15H2,1H3,(H,24,25). The van der Waals surface area contributed by atoms with Gasteiger partial charge in [-0.25, -0.2) is 13.4 Å². The summed E-state index contributed by atoms with van der Waals surface area (Å²) in [4.78, 5) is 8.35. The molecule has 0 saturated heterocycles. The van der Waals surface area contributed by atoms with Crippen molar-refractivity contribution in [1.82, 2.24) is 9.97 Å². The van der Waals surface area contributed by atoms with Gasteiger partial charge in [0.2, 0.25) is 10.0 Å². The van der Waals surface area contributed by atoms with E-state index in [9.17, 15) is 8.42 Å². The maximum Gasteiger partial charge on any atom is 0.231 e. The molecule has 0 amide bonds. The Hall–Kier alpha value is -3.45. The van der Waals surface area contributed by atoms with Crippen LogP contribution in [0.3, 0.4) is 0 Å². The van der Waals surface area contributed by atoms with E-state index in [2.05, 4.69) is 26.8 Å². The van der Waals surface area contributed by atoms with Crippen LogP contribution in [-0.4, -0.2) is 24.6 Å². The number of fused-ring (bicyclic) bond motifs is 1. The molecule has 0 aliphatic heterocycles. The zero-order valence-electron chi connectivity index (χ0n) is 15.7. The first kappa shape index (κ1) is 18.9. The second kappa shape index (κ2) is 7.89. The van der Waals surface area contributed by atoms with E-state index in [1.165, 1.54) is 17.8 Å². The molecule has 0 unspecified atom stereocenters. The minimum absolute atomic E-state index is 0.204. The van der Waals surface area contributed by atoms with Crippen molar-refractivity contribution >= 4 is 26.6 Å². The number of nitrogens with one attached hydrogen (secondary N) is 1. The first-order valence-corrected chi connectivity index (χ1v) is 10.9. The van der Waals surface area contributed by atoms with Crippen LogP contribution in [-0.2, 0) is 16.6 Å². The summed E-state index contributed by atoms with van der Waals surface area (Å²) in [5.41, 5.74) is 2.22. The van der Waals surface area contributed by atoms with E-state index in [1.807, 2.05) is 54.6 Å². The maximum atomic E-state index is 11.5. The Kier molecular flexibility index (Phi) is 5.14. The van der Waals surface area contributed by atoms with Crippen molar-refractivity contribution < 1.29 is 13.2 Å². The molecule has 0 radical (unpaired) electrons. The number of hydrogen-bond acceptors (Lipinski definition) is 5. The topological polar surface area (TPSA) is 81.2 Å². The van der Waals surface area contributed by atoms with E-state index in [4.69, 9.17) is 4.74 Å². The summed E-state index contributed by atoms with van der Waals surface area (Å²) in [7, 11) is -3.44. The third-order valence-electron chi connectivity index (χ3n) is 4.33. The highest BCUT2D eigenvalue weighted by Crippen LogP contribution is 2.25. The van der Waals surface area contributed by atoms with Crippen LogP contribution in [0.15, 0.2) is 79.1 Å². The number of hydrogen-bond donors (Lipinski definition) is 1. The second-order valence-electron chi connectivity index (χ2n) is 6.62. The van der Waals surface area contributed by atoms with E-state index in [-0.39, 0.29) is 5.82 Å². The predicted octanol–water partition coefficient (Wildman–Crippen LogP) is 4.25. The molecule has 0 saturated carbocycles. The van der Waals surface area contributed by atoms with Gasteiger partial charge in [0.05, 0.1) is 6.26 Å². The molecule has 0 fully saturated rings. The van der Waals surface area contributed by atoms with E-state index >= 15 is 0 Å². The lowest BCUT2D eigenvalue weighted by Gasteiger charge is -2.10. The number of ether oxygens (including phenoxy) is 1. The van der Waals surface area contributed by atoms with E-state index in [0.717, 1.165) is 28.5 Å². The number of nitrogens with zero attached hydrogens (tertiary/aromatic N) is 2. The van der Waals surface area contributed by atoms with Gasteiger partial charge in [0.1, 0.15) is 18.1 Å². The molecular weight excluding hydrogens is 386 g/mol. The molecule has 4 aromatic rings. The quantitative estimate of drug-likeness (QED) is 0.519. The van der Waals surface area contributed by atoms with Gasteiger partial charge >= 0.3 is 0 Å². The van der Waals surface area contributed by atoms with Crippen molar-refractivity contribution in [3.8, 4) is 17.0 Å². The van der Waals surface area contributed by atoms with Crippen LogP contribution in [0.5, 0.6) is 5.75 Å². The van der Waals surface area contributed by atoms with Crippen molar-refractivity contribution in [3.05, 3.63) is 84.7 Å². The molecule has 1 heterocycles. The Balaban J connectivity index is 1.49. The monoisotopic (exact) mass is 405 g/mol. The molecule has 0 aliphatic carbocycles. The lowest BCUT2D eigenvalue weighted by Crippen LogP contribution is -2.12. The van der Waals surface area contributed by atoms with Gasteiger partial charge in [-0.2, -0.15) is 0 Å². The Morgan fingerprint density at radius 1 is 0.897 bits per heavy atom. The smallest absolute Gasteiger partial charge is 0.231 e. The zero-order chi connectivity index (χ0) is 20.3. The van der Waals surface area contributed by atoms with Gasteiger partial charge in [-0.15, -0.1) is 0 Å². The third-order valence-corrected chi connectivity index (χ3v) is 4.90. The van der Waals surface area contributed by atoms with Crippen LogP contribution in [0.2, 0.25) is 0 Å².